The van der Waals surface area contributed by atoms with E-state index in [0.717, 1.165) is 4.90 Å². The van der Waals surface area contributed by atoms with Crippen LogP contribution in [-0.4, -0.2) is 184 Å². The Morgan fingerprint density at radius 1 is 0.603 bits per heavy atom. The molecule has 9 atom stereocenters. The number of thioether (sulfide) groups is 1. The molecule has 0 bridgehead atoms. The van der Waals surface area contributed by atoms with Crippen LogP contribution < -0.4 is 60.2 Å². The van der Waals surface area contributed by atoms with E-state index in [4.69, 9.17) is 22.9 Å². The van der Waals surface area contributed by atoms with Crippen LogP contribution in [0.5, 0.6) is 5.75 Å². The number of aliphatic carboxylic acids is 2. The lowest BCUT2D eigenvalue weighted by atomic mass is 10.0. The molecule has 0 spiro atoms. The Morgan fingerprint density at radius 3 is 1.45 bits per heavy atom. The van der Waals surface area contributed by atoms with Gasteiger partial charge < -0.3 is 85.5 Å². The summed E-state index contributed by atoms with van der Waals surface area (Å²) in [6, 6.07) is -6.25. The van der Waals surface area contributed by atoms with Crippen LogP contribution in [0.3, 0.4) is 0 Å². The average molecular weight is 1120 g/mol. The van der Waals surface area contributed by atoms with Crippen LogP contribution in [0.15, 0.2) is 24.3 Å². The van der Waals surface area contributed by atoms with Gasteiger partial charge in [0.15, 0.2) is 0 Å². The third-order valence-corrected chi connectivity index (χ3v) is 13.6. The molecule has 0 aliphatic carbocycles. The maximum atomic E-state index is 14.4. The molecule has 1 aromatic rings. The number of phenolic OH excluding ortho intramolecular Hbond substituents is 1. The molecule has 78 heavy (non-hydrogen) atoms. The maximum Gasteiger partial charge on any atom is 0.326 e. The maximum absolute atomic E-state index is 14.4. The quantitative estimate of drug-likeness (QED) is 0.0310. The number of rotatable bonds is 39. The number of nitrogens with zero attached hydrogens (tertiary/aromatic N) is 1. The van der Waals surface area contributed by atoms with E-state index in [-0.39, 0.29) is 89.2 Å². The third-order valence-electron chi connectivity index (χ3n) is 13.0. The van der Waals surface area contributed by atoms with Crippen molar-refractivity contribution in [2.75, 3.05) is 44.8 Å². The molecule has 1 fully saturated rings. The molecule has 1 aliphatic heterocycles. The number of carboxylic acids is 2. The van der Waals surface area contributed by atoms with Crippen molar-refractivity contribution in [3.05, 3.63) is 29.8 Å². The van der Waals surface area contributed by atoms with E-state index in [2.05, 4.69) is 37.2 Å². The SMILES string of the molecule is CSCCC(N)C(=O)NC(CC(C)C)C(=O)NC(CCCCN)C(=O)NC(CCC(=O)O)C(=O)NC(CCCCN)C(=O)NC(CCCCN)C(=O)NC(Cc1ccc(O)cc1)C(=O)NC(CO)C(=O)N1CCCC1C(=O)O. The van der Waals surface area contributed by atoms with Gasteiger partial charge in [-0.05, 0) is 145 Å². The van der Waals surface area contributed by atoms with E-state index in [9.17, 15) is 68.4 Å². The van der Waals surface area contributed by atoms with Crippen LogP contribution in [-0.2, 0) is 54.4 Å². The van der Waals surface area contributed by atoms with Crippen LogP contribution in [0.1, 0.15) is 116 Å². The van der Waals surface area contributed by atoms with Gasteiger partial charge in [0, 0.05) is 19.4 Å². The number of nitrogens with two attached hydrogens (primary N) is 4. The number of amides is 8. The van der Waals surface area contributed by atoms with Gasteiger partial charge in [0.25, 0.3) is 0 Å². The zero-order chi connectivity index (χ0) is 58.3. The van der Waals surface area contributed by atoms with Gasteiger partial charge in [0.1, 0.15) is 54.1 Å². The van der Waals surface area contributed by atoms with Gasteiger partial charge in [-0.15, -0.1) is 0 Å². The number of hydrogen-bond donors (Lipinski definition) is 15. The van der Waals surface area contributed by atoms with Gasteiger partial charge in [0.2, 0.25) is 47.3 Å². The molecule has 0 radical (unpaired) electrons. The van der Waals surface area contributed by atoms with Gasteiger partial charge in [-0.25, -0.2) is 4.79 Å². The van der Waals surface area contributed by atoms with Crippen LogP contribution >= 0.6 is 11.8 Å². The summed E-state index contributed by atoms with van der Waals surface area (Å²) in [5.74, 6) is -8.78. The van der Waals surface area contributed by atoms with Gasteiger partial charge in [-0.1, -0.05) is 26.0 Å². The number of carbonyl (C=O) groups is 10. The first-order valence-corrected chi connectivity index (χ1v) is 28.1. The van der Waals surface area contributed by atoms with Crippen molar-refractivity contribution in [2.45, 2.75) is 171 Å². The molecule has 27 heteroatoms. The number of carbonyl (C=O) groups excluding carboxylic acids is 8. The molecule has 0 saturated carbocycles. The normalized spacial score (nSPS) is 16.3. The highest BCUT2D eigenvalue weighted by Crippen LogP contribution is 2.19. The standard InChI is InChI=1S/C51H86N12O14S/c1-30(2)27-38(60-43(68)33(55)21-26-78-3)48(73)58-35(12-5-8-23-53)45(70)59-37(19-20-42(66)67)47(72)57-34(11-4-7-22-52)44(69)56-36(13-6-9-24-54)46(71)61-39(28-31-15-17-32(65)18-16-31)49(74)62-40(29-64)50(75)63-25-10-14-41(63)51(76)77/h15-18,30,33-41,64-65H,4-14,19-29,52-55H2,1-3H3,(H,56,69)(H,57,72)(H,58,73)(H,59,70)(H,60,68)(H,61,71)(H,62,74)(H,66,67)(H,76,77). The van der Waals surface area contributed by atoms with Crippen LogP contribution in [0, 0.1) is 5.92 Å². The number of aliphatic hydroxyl groups is 1. The largest absolute Gasteiger partial charge is 0.508 e. The van der Waals surface area contributed by atoms with Gasteiger partial charge in [0.05, 0.1) is 12.6 Å². The molecule has 19 N–H and O–H groups in total. The highest BCUT2D eigenvalue weighted by atomic mass is 32.2. The van der Waals surface area contributed by atoms with E-state index in [0.29, 0.717) is 49.8 Å². The van der Waals surface area contributed by atoms with Crippen molar-refractivity contribution in [1.82, 2.24) is 42.1 Å². The Hall–Kier alpha value is -6.13. The summed E-state index contributed by atoms with van der Waals surface area (Å²) in [4.78, 5) is 136. The summed E-state index contributed by atoms with van der Waals surface area (Å²) in [5, 5.41) is 57.8. The summed E-state index contributed by atoms with van der Waals surface area (Å²) in [6.07, 6.45) is 3.80. The molecule has 26 nitrogen and oxygen atoms in total. The fourth-order valence-corrected chi connectivity index (χ4v) is 9.05. The van der Waals surface area contributed by atoms with E-state index in [1.165, 1.54) is 36.0 Å². The van der Waals surface area contributed by atoms with Crippen LogP contribution in [0.25, 0.3) is 0 Å². The van der Waals surface area contributed by atoms with Crippen molar-refractivity contribution in [2.24, 2.45) is 28.9 Å². The van der Waals surface area contributed by atoms with E-state index in [1.807, 2.05) is 20.1 Å². The highest BCUT2D eigenvalue weighted by molar-refractivity contribution is 7.98. The van der Waals surface area contributed by atoms with Crippen molar-refractivity contribution in [3.8, 4) is 5.75 Å². The summed E-state index contributed by atoms with van der Waals surface area (Å²) < 4.78 is 0. The second-order valence-electron chi connectivity index (χ2n) is 19.8. The first-order chi connectivity index (χ1) is 37.1. The smallest absolute Gasteiger partial charge is 0.326 e. The molecule has 1 aromatic carbocycles. The number of hydrogen-bond acceptors (Lipinski definition) is 17. The van der Waals surface area contributed by atoms with Gasteiger partial charge >= 0.3 is 11.9 Å². The number of phenols is 1. The summed E-state index contributed by atoms with van der Waals surface area (Å²) >= 11 is 1.50. The first-order valence-electron chi connectivity index (χ1n) is 26.7. The Balaban J connectivity index is 2.49. The van der Waals surface area contributed by atoms with Crippen LogP contribution in [0.4, 0.5) is 0 Å². The minimum atomic E-state index is -1.60. The molecular formula is C51H86N12O14S. The summed E-state index contributed by atoms with van der Waals surface area (Å²) in [5.41, 5.74) is 23.8. The number of aromatic hydroxyl groups is 1. The molecule has 8 amide bonds. The Kier molecular flexibility index (Phi) is 32.1. The minimum Gasteiger partial charge on any atom is -0.508 e. The van der Waals surface area contributed by atoms with E-state index < -0.39 is 133 Å². The Morgan fingerprint density at radius 2 is 1.03 bits per heavy atom. The van der Waals surface area contributed by atoms with Crippen molar-refractivity contribution >= 4 is 71.0 Å². The fraction of sp³-hybridized carbons (Fsp3) is 0.686. The predicted octanol–water partition coefficient (Wildman–Crippen LogP) is -2.23. The highest BCUT2D eigenvalue weighted by Gasteiger charge is 2.39. The van der Waals surface area contributed by atoms with Crippen molar-refractivity contribution in [1.29, 1.82) is 0 Å². The monoisotopic (exact) mass is 1120 g/mol. The lowest BCUT2D eigenvalue weighted by molar-refractivity contribution is -0.150. The second-order valence-corrected chi connectivity index (χ2v) is 20.8. The molecule has 2 rings (SSSR count). The van der Waals surface area contributed by atoms with E-state index >= 15 is 0 Å². The minimum absolute atomic E-state index is 0.0316. The summed E-state index contributed by atoms with van der Waals surface area (Å²) in [7, 11) is 0. The number of benzene rings is 1. The predicted molar refractivity (Wildman–Crippen MR) is 291 cm³/mol. The van der Waals surface area contributed by atoms with Gasteiger partial charge in [-0.2, -0.15) is 11.8 Å². The zero-order valence-electron chi connectivity index (χ0n) is 45.2. The lowest BCUT2D eigenvalue weighted by Crippen LogP contribution is -2.61. The molecule has 440 valence electrons. The Bertz CT molecular complexity index is 2110. The summed E-state index contributed by atoms with van der Waals surface area (Å²) in [6.45, 7) is 3.52. The number of aliphatic hydroxyl groups excluding tert-OH is 1. The van der Waals surface area contributed by atoms with Gasteiger partial charge in [-0.3, -0.25) is 43.2 Å². The topological polar surface area (TPSA) is 443 Å². The molecular weight excluding hydrogens is 1040 g/mol. The number of likely N-dealkylation sites (tertiary alicyclic amines) is 1. The molecule has 1 aliphatic rings. The van der Waals surface area contributed by atoms with E-state index in [1.54, 1.807) is 0 Å². The second kappa shape index (κ2) is 36.9. The molecule has 1 saturated heterocycles. The molecule has 1 heterocycles. The number of unbranched alkanes of at least 4 members (excludes halogenated alkanes) is 3. The van der Waals surface area contributed by atoms with Crippen molar-refractivity contribution < 1.29 is 68.4 Å². The molecule has 0 aromatic heterocycles. The lowest BCUT2D eigenvalue weighted by Gasteiger charge is -2.29. The number of carboxylic acid groups (broad SMARTS) is 2. The fourth-order valence-electron chi connectivity index (χ4n) is 8.56. The first kappa shape index (κ1) is 68.0. The van der Waals surface area contributed by atoms with Crippen LogP contribution in [0.2, 0.25) is 0 Å². The van der Waals surface area contributed by atoms with Crippen molar-refractivity contribution in [3.63, 3.8) is 0 Å². The number of nitrogens with one attached hydrogen (secondary N) is 7. The Labute approximate surface area is 460 Å². The molecule has 9 unspecified atom stereocenters. The average Bonchev–Trinajstić information content (AvgIpc) is 3.90. The zero-order valence-corrected chi connectivity index (χ0v) is 46.0. The third kappa shape index (κ3) is 24.7.